The van der Waals surface area contributed by atoms with E-state index >= 15 is 0 Å². The Kier molecular flexibility index (Phi) is 6.91. The summed E-state index contributed by atoms with van der Waals surface area (Å²) in [7, 11) is -4.92. The van der Waals surface area contributed by atoms with Crippen LogP contribution in [0.3, 0.4) is 0 Å². The Morgan fingerprint density at radius 2 is 1.83 bits per heavy atom. The number of aromatic nitrogens is 2. The van der Waals surface area contributed by atoms with Gasteiger partial charge in [0, 0.05) is 12.3 Å². The van der Waals surface area contributed by atoms with Gasteiger partial charge in [-0.3, -0.25) is 23.4 Å². The van der Waals surface area contributed by atoms with Crippen molar-refractivity contribution in [2.45, 2.75) is 49.1 Å². The molecule has 30 heavy (non-hydrogen) atoms. The maximum atomic E-state index is 12.1. The molecular formula is C14H21N2O13P. The van der Waals surface area contributed by atoms with E-state index in [0.29, 0.717) is 0 Å². The molecule has 9 atom stereocenters. The number of aliphatic hydroxyl groups is 5. The number of phosphoric ester groups is 1. The first-order valence-electron chi connectivity index (χ1n) is 8.65. The maximum absolute atomic E-state index is 12.1. The maximum Gasteiger partial charge on any atom is 0.474 e. The van der Waals surface area contributed by atoms with Crippen molar-refractivity contribution in [3.8, 4) is 0 Å². The molecule has 0 spiro atoms. The third-order valence-corrected chi connectivity index (χ3v) is 5.51. The number of nitrogens with one attached hydrogen (secondary N) is 1. The third-order valence-electron chi connectivity index (χ3n) is 4.56. The van der Waals surface area contributed by atoms with E-state index in [9.17, 15) is 44.6 Å². The van der Waals surface area contributed by atoms with Crippen molar-refractivity contribution in [1.29, 1.82) is 0 Å². The van der Waals surface area contributed by atoms with Crippen LogP contribution in [0.25, 0.3) is 0 Å². The minimum atomic E-state index is -4.92. The second-order valence-corrected chi connectivity index (χ2v) is 8.09. The summed E-state index contributed by atoms with van der Waals surface area (Å²) in [5.74, 6) is 0. The van der Waals surface area contributed by atoms with Gasteiger partial charge in [0.2, 0.25) is 0 Å². The fourth-order valence-corrected chi connectivity index (χ4v) is 3.77. The summed E-state index contributed by atoms with van der Waals surface area (Å²) in [4.78, 5) is 34.7. The van der Waals surface area contributed by atoms with Gasteiger partial charge in [-0.15, -0.1) is 0 Å². The highest BCUT2D eigenvalue weighted by Crippen LogP contribution is 2.46. The van der Waals surface area contributed by atoms with Gasteiger partial charge in [0.05, 0.1) is 13.2 Å². The fraction of sp³-hybridized carbons (Fsp3) is 0.714. The van der Waals surface area contributed by atoms with Gasteiger partial charge < -0.3 is 39.9 Å². The van der Waals surface area contributed by atoms with E-state index < -0.39 is 81.4 Å². The van der Waals surface area contributed by atoms with Gasteiger partial charge in [0.1, 0.15) is 36.6 Å². The lowest BCUT2D eigenvalue weighted by molar-refractivity contribution is -0.246. The molecule has 1 aromatic heterocycles. The lowest BCUT2D eigenvalue weighted by Gasteiger charge is -2.35. The smallest absolute Gasteiger partial charge is 0.388 e. The number of nitrogens with zero attached hydrogens (tertiary/aromatic N) is 1. The fourth-order valence-electron chi connectivity index (χ4n) is 2.93. The van der Waals surface area contributed by atoms with Crippen LogP contribution in [-0.2, 0) is 23.1 Å². The summed E-state index contributed by atoms with van der Waals surface area (Å²) < 4.78 is 32.4. The number of aromatic amines is 1. The van der Waals surface area contributed by atoms with Crippen molar-refractivity contribution >= 4 is 7.82 Å². The number of H-pyrrole nitrogens is 1. The van der Waals surface area contributed by atoms with Crippen LogP contribution in [0.15, 0.2) is 21.9 Å². The van der Waals surface area contributed by atoms with Crippen LogP contribution in [-0.4, -0.2) is 96.1 Å². The highest BCUT2D eigenvalue weighted by atomic mass is 31.2. The Morgan fingerprint density at radius 3 is 2.50 bits per heavy atom. The molecule has 16 heteroatoms. The molecule has 15 nitrogen and oxygen atoms in total. The molecule has 3 heterocycles. The number of hydrogen-bond donors (Lipinski definition) is 7. The van der Waals surface area contributed by atoms with Gasteiger partial charge in [-0.1, -0.05) is 0 Å². The average molecular weight is 456 g/mol. The van der Waals surface area contributed by atoms with Crippen molar-refractivity contribution in [3.05, 3.63) is 33.1 Å². The van der Waals surface area contributed by atoms with E-state index in [4.69, 9.17) is 14.0 Å². The predicted octanol–water partition coefficient (Wildman–Crippen LogP) is -4.27. The third kappa shape index (κ3) is 4.87. The molecule has 2 aliphatic rings. The van der Waals surface area contributed by atoms with Crippen LogP contribution in [0, 0.1) is 0 Å². The largest absolute Gasteiger partial charge is 0.474 e. The molecule has 0 amide bonds. The Bertz CT molecular complexity index is 904. The van der Waals surface area contributed by atoms with Crippen LogP contribution in [0.2, 0.25) is 0 Å². The first-order chi connectivity index (χ1) is 14.0. The van der Waals surface area contributed by atoms with E-state index in [0.717, 1.165) is 16.8 Å². The second-order valence-electron chi connectivity index (χ2n) is 6.68. The normalized spacial score (nSPS) is 39.0. The molecule has 0 aliphatic carbocycles. The Hall–Kier alpha value is -1.49. The number of ether oxygens (including phenoxy) is 2. The number of hydrogen-bond acceptors (Lipinski definition) is 12. The van der Waals surface area contributed by atoms with E-state index in [-0.39, 0.29) is 0 Å². The summed E-state index contributed by atoms with van der Waals surface area (Å²) in [6.45, 7) is -1.26. The van der Waals surface area contributed by atoms with Crippen molar-refractivity contribution < 1.29 is 53.5 Å². The van der Waals surface area contributed by atoms with Crippen LogP contribution < -0.4 is 11.2 Å². The number of aliphatic hydroxyl groups excluding tert-OH is 5. The second kappa shape index (κ2) is 8.94. The molecule has 2 saturated heterocycles. The van der Waals surface area contributed by atoms with E-state index in [1.807, 2.05) is 4.98 Å². The predicted molar refractivity (Wildman–Crippen MR) is 91.9 cm³/mol. The first-order valence-corrected chi connectivity index (χ1v) is 10.1. The zero-order valence-electron chi connectivity index (χ0n) is 15.1. The van der Waals surface area contributed by atoms with Gasteiger partial charge >= 0.3 is 13.5 Å². The number of phosphoric acid groups is 1. The van der Waals surface area contributed by atoms with Crippen LogP contribution in [0.4, 0.5) is 0 Å². The molecule has 7 N–H and O–H groups in total. The highest BCUT2D eigenvalue weighted by molar-refractivity contribution is 7.47. The molecule has 170 valence electrons. The monoisotopic (exact) mass is 456 g/mol. The molecule has 0 bridgehead atoms. The molecule has 0 saturated carbocycles. The van der Waals surface area contributed by atoms with Crippen molar-refractivity contribution in [1.82, 2.24) is 9.55 Å². The molecule has 0 radical (unpaired) electrons. The molecule has 2 fully saturated rings. The summed E-state index contributed by atoms with van der Waals surface area (Å²) >= 11 is 0. The van der Waals surface area contributed by atoms with Gasteiger partial charge in [-0.05, 0) is 0 Å². The SMILES string of the molecule is O=c1ccn([C@@H]2O[C@H](COP(=O)(O)O[C@H]3OC[C@@H](O)[C@@H](O)[C@@H]3O)[C@@H](O)[C@H]2O)c(=O)[nH]1. The summed E-state index contributed by atoms with van der Waals surface area (Å²) in [6.07, 6.45) is -11.8. The van der Waals surface area contributed by atoms with Gasteiger partial charge in [0.25, 0.3) is 5.56 Å². The number of rotatable bonds is 6. The minimum Gasteiger partial charge on any atom is -0.388 e. The first kappa shape index (κ1) is 23.2. The Balaban J connectivity index is 1.61. The lowest BCUT2D eigenvalue weighted by Crippen LogP contribution is -2.53. The minimum absolute atomic E-state index is 0.477. The van der Waals surface area contributed by atoms with E-state index in [2.05, 4.69) is 4.52 Å². The molecule has 2 aliphatic heterocycles. The lowest BCUT2D eigenvalue weighted by atomic mass is 10.1. The molecular weight excluding hydrogens is 435 g/mol. The van der Waals surface area contributed by atoms with Crippen LogP contribution in [0.5, 0.6) is 0 Å². The molecule has 0 aromatic carbocycles. The van der Waals surface area contributed by atoms with Gasteiger partial charge in [0.15, 0.2) is 12.5 Å². The Labute approximate surface area is 167 Å². The van der Waals surface area contributed by atoms with Crippen molar-refractivity contribution in [2.24, 2.45) is 0 Å². The standard InChI is InChI=1S/C14H21N2O13P/c17-5-3-26-13(11(22)8(5)19)29-30(24,25)27-4-6-9(20)10(21)12(28-6)16-2-1-7(18)15-14(16)23/h1-2,5-6,8-13,17,19-22H,3-4H2,(H,24,25)(H,15,18,23)/t5-,6-,8-,9-,10-,11+,12-,13-/m1/s1. The molecule has 3 rings (SSSR count). The topological polar surface area (TPSA) is 230 Å². The zero-order chi connectivity index (χ0) is 22.2. The van der Waals surface area contributed by atoms with Crippen molar-refractivity contribution in [2.75, 3.05) is 13.2 Å². The molecule has 1 unspecified atom stereocenters. The summed E-state index contributed by atoms with van der Waals surface area (Å²) in [5, 5.41) is 48.8. The van der Waals surface area contributed by atoms with Crippen LogP contribution >= 0.6 is 7.82 Å². The quantitative estimate of drug-likeness (QED) is 0.201. The summed E-state index contributed by atoms with van der Waals surface area (Å²) in [6, 6.07) is 0.990. The van der Waals surface area contributed by atoms with Gasteiger partial charge in [-0.2, -0.15) is 0 Å². The zero-order valence-corrected chi connectivity index (χ0v) is 16.0. The molecule has 1 aromatic rings. The van der Waals surface area contributed by atoms with Crippen LogP contribution in [0.1, 0.15) is 6.23 Å². The Morgan fingerprint density at radius 1 is 1.13 bits per heavy atom. The average Bonchev–Trinajstić information content (AvgIpc) is 2.95. The van der Waals surface area contributed by atoms with Crippen molar-refractivity contribution in [3.63, 3.8) is 0 Å². The highest BCUT2D eigenvalue weighted by Gasteiger charge is 2.46. The summed E-state index contributed by atoms with van der Waals surface area (Å²) in [5.41, 5.74) is -1.60. The van der Waals surface area contributed by atoms with E-state index in [1.54, 1.807) is 0 Å². The van der Waals surface area contributed by atoms with E-state index in [1.165, 1.54) is 0 Å². The van der Waals surface area contributed by atoms with Gasteiger partial charge in [-0.25, -0.2) is 9.36 Å².